The summed E-state index contributed by atoms with van der Waals surface area (Å²) in [5.74, 6) is 0.159. The van der Waals surface area contributed by atoms with Crippen molar-refractivity contribution < 1.29 is 9.21 Å². The van der Waals surface area contributed by atoms with E-state index in [1.54, 1.807) is 6.07 Å². The van der Waals surface area contributed by atoms with E-state index in [0.29, 0.717) is 17.9 Å². The van der Waals surface area contributed by atoms with Crippen LogP contribution in [-0.2, 0) is 0 Å². The highest BCUT2D eigenvalue weighted by atomic mass is 16.3. The Kier molecular flexibility index (Phi) is 4.70. The summed E-state index contributed by atoms with van der Waals surface area (Å²) < 4.78 is 5.54. The predicted octanol–water partition coefficient (Wildman–Crippen LogP) is 1.16. The van der Waals surface area contributed by atoms with Gasteiger partial charge in [-0.2, -0.15) is 0 Å². The molecule has 0 radical (unpaired) electrons. The molecule has 1 aliphatic rings. The molecule has 1 amide bonds. The maximum atomic E-state index is 12.1. The van der Waals surface area contributed by atoms with Crippen LogP contribution in [0.25, 0.3) is 11.1 Å². The normalized spacial score (nSPS) is 16.0. The minimum absolute atomic E-state index is 0.170. The molecule has 2 N–H and O–H groups in total. The van der Waals surface area contributed by atoms with E-state index >= 15 is 0 Å². The second-order valence-electron chi connectivity index (χ2n) is 5.65. The van der Waals surface area contributed by atoms with Crippen molar-refractivity contribution in [2.75, 3.05) is 39.3 Å². The first-order valence-corrected chi connectivity index (χ1v) is 7.81. The Morgan fingerprint density at radius 2 is 2.23 bits per heavy atom. The summed E-state index contributed by atoms with van der Waals surface area (Å²) in [6.07, 6.45) is 0.948. The zero-order valence-corrected chi connectivity index (χ0v) is 12.9. The van der Waals surface area contributed by atoms with Crippen LogP contribution in [-0.4, -0.2) is 55.1 Å². The number of pyridine rings is 1. The fourth-order valence-electron chi connectivity index (χ4n) is 2.66. The summed E-state index contributed by atoms with van der Waals surface area (Å²) in [7, 11) is 0. The average Bonchev–Trinajstić information content (AvgIpc) is 2.95. The van der Waals surface area contributed by atoms with Gasteiger partial charge in [-0.05, 0) is 32.0 Å². The van der Waals surface area contributed by atoms with Crippen LogP contribution in [0, 0.1) is 6.92 Å². The lowest BCUT2D eigenvalue weighted by Crippen LogP contribution is -2.44. The molecule has 1 saturated heterocycles. The van der Waals surface area contributed by atoms with Crippen LogP contribution >= 0.6 is 0 Å². The molecule has 118 valence electrons. The van der Waals surface area contributed by atoms with E-state index in [-0.39, 0.29) is 5.91 Å². The van der Waals surface area contributed by atoms with Crippen molar-refractivity contribution in [1.29, 1.82) is 0 Å². The van der Waals surface area contributed by atoms with E-state index in [9.17, 15) is 4.79 Å². The number of furan rings is 1. The van der Waals surface area contributed by atoms with Gasteiger partial charge in [0.1, 0.15) is 5.52 Å². The fraction of sp³-hybridized carbons (Fsp3) is 0.500. The summed E-state index contributed by atoms with van der Waals surface area (Å²) in [5.41, 5.74) is 2.29. The molecule has 1 fully saturated rings. The van der Waals surface area contributed by atoms with Gasteiger partial charge in [-0.3, -0.25) is 4.79 Å². The molecule has 0 unspecified atom stereocenters. The monoisotopic (exact) mass is 302 g/mol. The van der Waals surface area contributed by atoms with Crippen LogP contribution in [0.15, 0.2) is 22.6 Å². The molecule has 0 saturated carbocycles. The highest BCUT2D eigenvalue weighted by Crippen LogP contribution is 2.17. The third kappa shape index (κ3) is 3.64. The molecule has 2 aromatic rings. The second kappa shape index (κ2) is 6.89. The van der Waals surface area contributed by atoms with Crippen LogP contribution in [0.5, 0.6) is 0 Å². The van der Waals surface area contributed by atoms with Gasteiger partial charge in [0.15, 0.2) is 11.3 Å². The fourth-order valence-corrected chi connectivity index (χ4v) is 2.66. The lowest BCUT2D eigenvalue weighted by Gasteiger charge is -2.26. The van der Waals surface area contributed by atoms with Crippen molar-refractivity contribution in [2.24, 2.45) is 0 Å². The molecule has 0 spiro atoms. The zero-order chi connectivity index (χ0) is 15.4. The summed E-state index contributed by atoms with van der Waals surface area (Å²) >= 11 is 0. The van der Waals surface area contributed by atoms with Crippen molar-refractivity contribution in [2.45, 2.75) is 13.3 Å². The first-order chi connectivity index (χ1) is 10.7. The number of rotatable bonds is 5. The van der Waals surface area contributed by atoms with Crippen LogP contribution in [0.4, 0.5) is 0 Å². The number of carbonyl (C=O) groups is 1. The SMILES string of the molecule is Cc1ccc2oc(C(=O)NCCCN3CCNCC3)cc2n1. The summed E-state index contributed by atoms with van der Waals surface area (Å²) in [6.45, 7) is 7.87. The maximum Gasteiger partial charge on any atom is 0.287 e. The number of aromatic nitrogens is 1. The molecule has 22 heavy (non-hydrogen) atoms. The number of nitrogens with zero attached hydrogens (tertiary/aromatic N) is 2. The van der Waals surface area contributed by atoms with Crippen LogP contribution in [0.1, 0.15) is 22.7 Å². The number of hydrogen-bond donors (Lipinski definition) is 2. The van der Waals surface area contributed by atoms with Gasteiger partial charge in [0.05, 0.1) is 0 Å². The van der Waals surface area contributed by atoms with Gasteiger partial charge in [-0.15, -0.1) is 0 Å². The van der Waals surface area contributed by atoms with Crippen LogP contribution in [0.3, 0.4) is 0 Å². The quantitative estimate of drug-likeness (QED) is 0.811. The first-order valence-electron chi connectivity index (χ1n) is 7.81. The predicted molar refractivity (Wildman–Crippen MR) is 85.0 cm³/mol. The molecule has 0 aromatic carbocycles. The third-order valence-corrected chi connectivity index (χ3v) is 3.88. The van der Waals surface area contributed by atoms with Gasteiger partial charge in [-0.25, -0.2) is 4.98 Å². The van der Waals surface area contributed by atoms with Gasteiger partial charge in [0.2, 0.25) is 0 Å². The molecular formula is C16H22N4O2. The van der Waals surface area contributed by atoms with E-state index in [0.717, 1.165) is 50.4 Å². The van der Waals surface area contributed by atoms with Crippen molar-refractivity contribution in [3.05, 3.63) is 29.7 Å². The smallest absolute Gasteiger partial charge is 0.287 e. The summed E-state index contributed by atoms with van der Waals surface area (Å²) in [4.78, 5) is 18.9. The second-order valence-corrected chi connectivity index (χ2v) is 5.65. The van der Waals surface area contributed by atoms with Gasteiger partial charge in [0, 0.05) is 44.5 Å². The topological polar surface area (TPSA) is 70.4 Å². The number of piperazine rings is 1. The molecule has 0 aliphatic carbocycles. The van der Waals surface area contributed by atoms with Gasteiger partial charge in [-0.1, -0.05) is 0 Å². The van der Waals surface area contributed by atoms with Crippen LogP contribution in [0.2, 0.25) is 0 Å². The Morgan fingerprint density at radius 3 is 3.05 bits per heavy atom. The van der Waals surface area contributed by atoms with Gasteiger partial charge >= 0.3 is 0 Å². The van der Waals surface area contributed by atoms with Crippen molar-refractivity contribution >= 4 is 17.0 Å². The molecule has 6 heteroatoms. The highest BCUT2D eigenvalue weighted by Gasteiger charge is 2.13. The Hall–Kier alpha value is -1.92. The molecule has 1 aliphatic heterocycles. The Balaban J connectivity index is 1.48. The summed E-state index contributed by atoms with van der Waals surface area (Å²) in [6, 6.07) is 5.42. The van der Waals surface area contributed by atoms with Crippen molar-refractivity contribution in [3.63, 3.8) is 0 Å². The maximum absolute atomic E-state index is 12.1. The largest absolute Gasteiger partial charge is 0.449 e. The minimum atomic E-state index is -0.170. The van der Waals surface area contributed by atoms with Crippen molar-refractivity contribution in [3.8, 4) is 0 Å². The molecule has 0 bridgehead atoms. The number of fused-ring (bicyclic) bond motifs is 1. The lowest BCUT2D eigenvalue weighted by atomic mass is 10.3. The number of aryl methyl sites for hydroxylation is 1. The molecule has 3 heterocycles. The molecule has 3 rings (SSSR count). The number of carbonyl (C=O) groups excluding carboxylic acids is 1. The Morgan fingerprint density at radius 1 is 1.41 bits per heavy atom. The van der Waals surface area contributed by atoms with E-state index in [1.807, 2.05) is 19.1 Å². The van der Waals surface area contributed by atoms with E-state index < -0.39 is 0 Å². The Bertz CT molecular complexity index is 647. The summed E-state index contributed by atoms with van der Waals surface area (Å²) in [5, 5.41) is 6.24. The van der Waals surface area contributed by atoms with E-state index in [1.165, 1.54) is 0 Å². The third-order valence-electron chi connectivity index (χ3n) is 3.88. The number of amides is 1. The van der Waals surface area contributed by atoms with Gasteiger partial charge < -0.3 is 20.0 Å². The standard InChI is InChI=1S/C16H22N4O2/c1-12-3-4-14-13(19-12)11-15(22-14)16(21)18-5-2-8-20-9-6-17-7-10-20/h3-4,11,17H,2,5-10H2,1H3,(H,18,21). The molecule has 6 nitrogen and oxygen atoms in total. The molecule has 0 atom stereocenters. The van der Waals surface area contributed by atoms with E-state index in [2.05, 4.69) is 20.5 Å². The van der Waals surface area contributed by atoms with Crippen molar-refractivity contribution in [1.82, 2.24) is 20.5 Å². The number of nitrogens with one attached hydrogen (secondary N) is 2. The van der Waals surface area contributed by atoms with Gasteiger partial charge in [0.25, 0.3) is 5.91 Å². The van der Waals surface area contributed by atoms with Crippen LogP contribution < -0.4 is 10.6 Å². The number of hydrogen-bond acceptors (Lipinski definition) is 5. The highest BCUT2D eigenvalue weighted by molar-refractivity contribution is 5.95. The Labute approximate surface area is 129 Å². The molecular weight excluding hydrogens is 280 g/mol. The van der Waals surface area contributed by atoms with E-state index in [4.69, 9.17) is 4.42 Å². The average molecular weight is 302 g/mol. The lowest BCUT2D eigenvalue weighted by molar-refractivity contribution is 0.0925. The minimum Gasteiger partial charge on any atom is -0.449 e. The first kappa shape index (κ1) is 15.0. The molecule has 2 aromatic heterocycles. The zero-order valence-electron chi connectivity index (χ0n) is 12.9.